The monoisotopic (exact) mass is 413 g/mol. The van der Waals surface area contributed by atoms with E-state index in [1.807, 2.05) is 6.07 Å². The van der Waals surface area contributed by atoms with Crippen molar-refractivity contribution in [3.05, 3.63) is 89.9 Å². The van der Waals surface area contributed by atoms with E-state index in [0.29, 0.717) is 11.3 Å². The van der Waals surface area contributed by atoms with Gasteiger partial charge in [0.25, 0.3) is 0 Å². The normalized spacial score (nSPS) is 11.6. The van der Waals surface area contributed by atoms with Crippen molar-refractivity contribution in [3.8, 4) is 11.3 Å². The zero-order valence-corrected chi connectivity index (χ0v) is 15.4. The zero-order chi connectivity index (χ0) is 21.3. The number of imidazole rings is 1. The van der Waals surface area contributed by atoms with E-state index >= 15 is 0 Å². The molecule has 0 radical (unpaired) electrons. The molecule has 0 saturated carbocycles. The molecular weight excluding hydrogens is 398 g/mol. The third kappa shape index (κ3) is 4.03. The fourth-order valence-corrected chi connectivity index (χ4v) is 3.15. The quantitative estimate of drug-likeness (QED) is 0.459. The van der Waals surface area contributed by atoms with Crippen LogP contribution in [0.25, 0.3) is 16.9 Å². The van der Waals surface area contributed by atoms with Gasteiger partial charge in [-0.15, -0.1) is 0 Å². The molecule has 8 heteroatoms. The number of fused-ring (bicyclic) bond motifs is 1. The van der Waals surface area contributed by atoms with Crippen molar-refractivity contribution in [2.24, 2.45) is 0 Å². The second kappa shape index (κ2) is 7.62. The largest absolute Gasteiger partial charge is 0.416 e. The molecule has 1 N–H and O–H groups in total. The lowest BCUT2D eigenvalue weighted by molar-refractivity contribution is -0.137. The van der Waals surface area contributed by atoms with Gasteiger partial charge in [-0.1, -0.05) is 30.3 Å². The van der Waals surface area contributed by atoms with Crippen molar-refractivity contribution in [1.29, 1.82) is 0 Å². The van der Waals surface area contributed by atoms with Crippen LogP contribution in [-0.4, -0.2) is 15.3 Å². The number of nitrogens with one attached hydrogen (secondary N) is 1. The molecule has 2 aromatic heterocycles. The number of hydrogen-bond donors (Lipinski definition) is 1. The Bertz CT molecular complexity index is 1200. The number of anilines is 1. The first-order valence-electron chi connectivity index (χ1n) is 9.00. The lowest BCUT2D eigenvalue weighted by Crippen LogP contribution is -2.15. The standard InChI is InChI=1S/C22H15F4N3O/c23-17-8-6-15(7-9-17)20-21(28-19(30)12-14-4-2-1-3-5-14)27-18-13-16(22(24,25)26)10-11-29(18)20/h1-11,13H,12H2,(H,28,30). The van der Waals surface area contributed by atoms with Crippen LogP contribution in [0.2, 0.25) is 0 Å². The van der Waals surface area contributed by atoms with Crippen LogP contribution in [0, 0.1) is 5.82 Å². The van der Waals surface area contributed by atoms with Crippen LogP contribution in [0.15, 0.2) is 72.9 Å². The van der Waals surface area contributed by atoms with Crippen molar-refractivity contribution in [1.82, 2.24) is 9.38 Å². The molecule has 0 spiro atoms. The second-order valence-electron chi connectivity index (χ2n) is 6.67. The maximum Gasteiger partial charge on any atom is 0.416 e. The van der Waals surface area contributed by atoms with E-state index in [0.717, 1.165) is 17.7 Å². The number of rotatable bonds is 4. The molecule has 0 aliphatic heterocycles. The smallest absolute Gasteiger partial charge is 0.309 e. The summed E-state index contributed by atoms with van der Waals surface area (Å²) in [6, 6.07) is 16.3. The number of hydrogen-bond acceptors (Lipinski definition) is 2. The highest BCUT2D eigenvalue weighted by Gasteiger charge is 2.31. The van der Waals surface area contributed by atoms with E-state index in [-0.39, 0.29) is 23.8 Å². The minimum absolute atomic E-state index is 0.0131. The van der Waals surface area contributed by atoms with Crippen molar-refractivity contribution in [2.75, 3.05) is 5.32 Å². The lowest BCUT2D eigenvalue weighted by Gasteiger charge is -2.09. The molecule has 4 rings (SSSR count). The van der Waals surface area contributed by atoms with Crippen LogP contribution in [0.3, 0.4) is 0 Å². The molecule has 4 nitrogen and oxygen atoms in total. The number of carbonyl (C=O) groups is 1. The molecule has 0 atom stereocenters. The van der Waals surface area contributed by atoms with Crippen LogP contribution in [-0.2, 0) is 17.4 Å². The molecule has 2 heterocycles. The number of carbonyl (C=O) groups excluding carboxylic acids is 1. The lowest BCUT2D eigenvalue weighted by atomic mass is 10.1. The van der Waals surface area contributed by atoms with Crippen LogP contribution in [0.5, 0.6) is 0 Å². The van der Waals surface area contributed by atoms with Crippen molar-refractivity contribution in [2.45, 2.75) is 12.6 Å². The van der Waals surface area contributed by atoms with Gasteiger partial charge in [0.15, 0.2) is 5.82 Å². The van der Waals surface area contributed by atoms with E-state index < -0.39 is 17.6 Å². The average molecular weight is 413 g/mol. The van der Waals surface area contributed by atoms with Gasteiger partial charge in [0, 0.05) is 11.8 Å². The first-order chi connectivity index (χ1) is 14.3. The number of halogens is 4. The van der Waals surface area contributed by atoms with E-state index in [1.165, 1.54) is 34.9 Å². The summed E-state index contributed by atoms with van der Waals surface area (Å²) in [6.07, 6.45) is -3.22. The summed E-state index contributed by atoms with van der Waals surface area (Å²) in [5, 5.41) is 2.67. The van der Waals surface area contributed by atoms with E-state index in [4.69, 9.17) is 0 Å². The van der Waals surface area contributed by atoms with Gasteiger partial charge in [0.2, 0.25) is 5.91 Å². The number of amides is 1. The summed E-state index contributed by atoms with van der Waals surface area (Å²) < 4.78 is 54.1. The highest BCUT2D eigenvalue weighted by atomic mass is 19.4. The summed E-state index contributed by atoms with van der Waals surface area (Å²) in [4.78, 5) is 16.7. The Morgan fingerprint density at radius 2 is 1.70 bits per heavy atom. The van der Waals surface area contributed by atoms with E-state index in [2.05, 4.69) is 10.3 Å². The van der Waals surface area contributed by atoms with Gasteiger partial charge < -0.3 is 5.32 Å². The zero-order valence-electron chi connectivity index (χ0n) is 15.4. The maximum absolute atomic E-state index is 13.4. The fourth-order valence-electron chi connectivity index (χ4n) is 3.15. The van der Waals surface area contributed by atoms with Gasteiger partial charge in [-0.25, -0.2) is 9.37 Å². The first-order valence-corrected chi connectivity index (χ1v) is 9.00. The predicted octanol–water partition coefficient (Wildman–Crippen LogP) is 5.34. The van der Waals surface area contributed by atoms with Gasteiger partial charge in [-0.05, 0) is 42.0 Å². The number of aromatic nitrogens is 2. The molecular formula is C22H15F4N3O. The Morgan fingerprint density at radius 3 is 2.37 bits per heavy atom. The first kappa shape index (κ1) is 19.6. The van der Waals surface area contributed by atoms with Crippen LogP contribution in [0.4, 0.5) is 23.4 Å². The summed E-state index contributed by atoms with van der Waals surface area (Å²) in [5.74, 6) is -0.729. The highest BCUT2D eigenvalue weighted by Crippen LogP contribution is 2.34. The Hall–Kier alpha value is -3.68. The van der Waals surface area contributed by atoms with Crippen molar-refractivity contribution < 1.29 is 22.4 Å². The summed E-state index contributed by atoms with van der Waals surface area (Å²) in [7, 11) is 0. The van der Waals surface area contributed by atoms with E-state index in [1.54, 1.807) is 24.3 Å². The van der Waals surface area contributed by atoms with Crippen LogP contribution >= 0.6 is 0 Å². The third-order valence-corrected chi connectivity index (χ3v) is 4.54. The number of alkyl halides is 3. The molecule has 4 aromatic rings. The molecule has 152 valence electrons. The molecule has 1 amide bonds. The second-order valence-corrected chi connectivity index (χ2v) is 6.67. The minimum atomic E-state index is -4.53. The van der Waals surface area contributed by atoms with Crippen molar-refractivity contribution in [3.63, 3.8) is 0 Å². The average Bonchev–Trinajstić information content (AvgIpc) is 3.05. The van der Waals surface area contributed by atoms with Gasteiger partial charge in [0.05, 0.1) is 17.7 Å². The van der Waals surface area contributed by atoms with E-state index in [9.17, 15) is 22.4 Å². The molecule has 30 heavy (non-hydrogen) atoms. The fraction of sp³-hybridized carbons (Fsp3) is 0.0909. The number of pyridine rings is 1. The molecule has 0 unspecified atom stereocenters. The third-order valence-electron chi connectivity index (χ3n) is 4.54. The molecule has 0 bridgehead atoms. The highest BCUT2D eigenvalue weighted by molar-refractivity contribution is 5.95. The Labute approximate surface area is 168 Å². The van der Waals surface area contributed by atoms with Gasteiger partial charge >= 0.3 is 6.18 Å². The molecule has 0 aliphatic rings. The van der Waals surface area contributed by atoms with Gasteiger partial charge in [-0.3, -0.25) is 9.20 Å². The van der Waals surface area contributed by atoms with Gasteiger partial charge in [0.1, 0.15) is 11.5 Å². The van der Waals surface area contributed by atoms with Gasteiger partial charge in [-0.2, -0.15) is 13.2 Å². The Morgan fingerprint density at radius 1 is 1.00 bits per heavy atom. The summed E-state index contributed by atoms with van der Waals surface area (Å²) in [6.45, 7) is 0. The molecule has 0 fully saturated rings. The molecule has 0 saturated heterocycles. The van der Waals surface area contributed by atoms with Crippen LogP contribution < -0.4 is 5.32 Å². The Kier molecular flexibility index (Phi) is 4.99. The molecule has 2 aromatic carbocycles. The summed E-state index contributed by atoms with van der Waals surface area (Å²) >= 11 is 0. The number of nitrogens with zero attached hydrogens (tertiary/aromatic N) is 2. The minimum Gasteiger partial charge on any atom is -0.309 e. The predicted molar refractivity (Wildman–Crippen MR) is 104 cm³/mol. The topological polar surface area (TPSA) is 46.4 Å². The summed E-state index contributed by atoms with van der Waals surface area (Å²) in [5.41, 5.74) is 0.798. The molecule has 0 aliphatic carbocycles. The van der Waals surface area contributed by atoms with Crippen molar-refractivity contribution >= 4 is 17.4 Å². The van der Waals surface area contributed by atoms with Crippen LogP contribution in [0.1, 0.15) is 11.1 Å². The SMILES string of the molecule is O=C(Cc1ccccc1)Nc1nc2cc(C(F)(F)F)ccn2c1-c1ccc(F)cc1. The number of benzene rings is 2. The maximum atomic E-state index is 13.4. The Balaban J connectivity index is 1.77.